The molecule has 0 bridgehead atoms. The van der Waals surface area contributed by atoms with Gasteiger partial charge in [0.15, 0.2) is 11.6 Å². The second kappa shape index (κ2) is 6.75. The molecule has 2 heterocycles. The number of rotatable bonds is 4. The van der Waals surface area contributed by atoms with Crippen LogP contribution in [0.5, 0.6) is 0 Å². The zero-order valence-electron chi connectivity index (χ0n) is 13.5. The number of nitro benzene ring substituents is 1. The van der Waals surface area contributed by atoms with E-state index in [2.05, 4.69) is 15.3 Å². The van der Waals surface area contributed by atoms with Crippen molar-refractivity contribution in [3.05, 3.63) is 45.5 Å². The summed E-state index contributed by atoms with van der Waals surface area (Å²) < 4.78 is 6.89. The number of aryl methyl sites for hydroxylation is 2. The molecule has 1 fully saturated rings. The number of hydrogen-bond donors (Lipinski definition) is 0. The monoisotopic (exact) mass is 330 g/mol. The van der Waals surface area contributed by atoms with Gasteiger partial charge < -0.3 is 9.64 Å². The number of aromatic nitrogens is 3. The van der Waals surface area contributed by atoms with E-state index in [9.17, 15) is 10.1 Å². The summed E-state index contributed by atoms with van der Waals surface area (Å²) in [6.07, 6.45) is 1.57. The molecule has 0 spiro atoms. The van der Waals surface area contributed by atoms with E-state index in [4.69, 9.17) is 4.74 Å². The summed E-state index contributed by atoms with van der Waals surface area (Å²) in [6, 6.07) is 5.11. The van der Waals surface area contributed by atoms with Gasteiger partial charge in [0.25, 0.3) is 5.69 Å². The van der Waals surface area contributed by atoms with E-state index in [0.717, 1.165) is 0 Å². The highest BCUT2D eigenvalue weighted by Crippen LogP contribution is 2.29. The third kappa shape index (κ3) is 3.25. The van der Waals surface area contributed by atoms with Crippen LogP contribution in [0.15, 0.2) is 23.3 Å². The summed E-state index contributed by atoms with van der Waals surface area (Å²) in [6.45, 7) is 6.03. The molecule has 9 heteroatoms. The van der Waals surface area contributed by atoms with Gasteiger partial charge in [-0.15, -0.1) is 10.2 Å². The third-order valence-corrected chi connectivity index (χ3v) is 3.82. The van der Waals surface area contributed by atoms with Gasteiger partial charge in [0, 0.05) is 24.7 Å². The van der Waals surface area contributed by atoms with Crippen molar-refractivity contribution < 1.29 is 9.66 Å². The van der Waals surface area contributed by atoms with Crippen molar-refractivity contribution in [2.75, 3.05) is 31.2 Å². The van der Waals surface area contributed by atoms with Crippen molar-refractivity contribution in [2.24, 2.45) is 5.10 Å². The highest BCUT2D eigenvalue weighted by Gasteiger charge is 2.21. The molecule has 0 amide bonds. The third-order valence-electron chi connectivity index (χ3n) is 3.82. The molecule has 2 aromatic rings. The fraction of sp³-hybridized carbons (Fsp3) is 0.400. The molecule has 0 saturated carbocycles. The molecular weight excluding hydrogens is 312 g/mol. The quantitative estimate of drug-likeness (QED) is 0.479. The van der Waals surface area contributed by atoms with Gasteiger partial charge in [-0.2, -0.15) is 5.10 Å². The highest BCUT2D eigenvalue weighted by molar-refractivity contribution is 5.83. The number of benzene rings is 1. The molecule has 1 aliphatic rings. The second-order valence-corrected chi connectivity index (χ2v) is 5.46. The lowest BCUT2D eigenvalue weighted by Crippen LogP contribution is -2.36. The van der Waals surface area contributed by atoms with Crippen molar-refractivity contribution in [2.45, 2.75) is 13.8 Å². The van der Waals surface area contributed by atoms with Crippen molar-refractivity contribution in [1.82, 2.24) is 14.9 Å². The van der Waals surface area contributed by atoms with Gasteiger partial charge in [-0.05, 0) is 19.9 Å². The minimum absolute atomic E-state index is 0.0676. The molecule has 0 radical (unpaired) electrons. The largest absolute Gasteiger partial charge is 0.378 e. The van der Waals surface area contributed by atoms with E-state index < -0.39 is 0 Å². The van der Waals surface area contributed by atoms with Crippen LogP contribution >= 0.6 is 0 Å². The van der Waals surface area contributed by atoms with E-state index in [1.54, 1.807) is 30.8 Å². The second-order valence-electron chi connectivity index (χ2n) is 5.46. The van der Waals surface area contributed by atoms with Crippen molar-refractivity contribution >= 4 is 17.6 Å². The Morgan fingerprint density at radius 1 is 1.25 bits per heavy atom. The van der Waals surface area contributed by atoms with Gasteiger partial charge >= 0.3 is 0 Å². The Labute approximate surface area is 138 Å². The smallest absolute Gasteiger partial charge is 0.293 e. The van der Waals surface area contributed by atoms with E-state index >= 15 is 0 Å². The lowest BCUT2D eigenvalue weighted by Gasteiger charge is -2.28. The zero-order chi connectivity index (χ0) is 17.1. The maximum atomic E-state index is 11.4. The number of hydrogen-bond acceptors (Lipinski definition) is 7. The Kier molecular flexibility index (Phi) is 4.52. The van der Waals surface area contributed by atoms with Crippen LogP contribution in [0.25, 0.3) is 0 Å². The van der Waals surface area contributed by atoms with Gasteiger partial charge in [-0.1, -0.05) is 6.07 Å². The van der Waals surface area contributed by atoms with Gasteiger partial charge in [0.1, 0.15) is 5.69 Å². The summed E-state index contributed by atoms with van der Waals surface area (Å²) in [5.41, 5.74) is 1.32. The van der Waals surface area contributed by atoms with Gasteiger partial charge in [-0.3, -0.25) is 10.1 Å². The summed E-state index contributed by atoms with van der Waals surface area (Å²) in [5.74, 6) is 1.31. The fourth-order valence-electron chi connectivity index (χ4n) is 2.59. The summed E-state index contributed by atoms with van der Waals surface area (Å²) in [7, 11) is 0. The molecular formula is C15H18N6O3. The van der Waals surface area contributed by atoms with Crippen molar-refractivity contribution in [3.8, 4) is 0 Å². The molecule has 0 atom stereocenters. The van der Waals surface area contributed by atoms with E-state index in [-0.39, 0.29) is 10.6 Å². The van der Waals surface area contributed by atoms with Crippen LogP contribution < -0.4 is 4.90 Å². The first-order chi connectivity index (χ1) is 11.6. The van der Waals surface area contributed by atoms with Gasteiger partial charge in [0.05, 0.1) is 24.4 Å². The summed E-state index contributed by atoms with van der Waals surface area (Å²) in [4.78, 5) is 13.0. The maximum Gasteiger partial charge on any atom is 0.293 e. The van der Waals surface area contributed by atoms with Crippen LogP contribution in [0.4, 0.5) is 11.4 Å². The van der Waals surface area contributed by atoms with Gasteiger partial charge in [0.2, 0.25) is 0 Å². The Bertz CT molecular complexity index is 760. The maximum absolute atomic E-state index is 11.4. The normalized spacial score (nSPS) is 15.2. The van der Waals surface area contributed by atoms with Crippen LogP contribution in [-0.2, 0) is 4.74 Å². The number of nitrogens with zero attached hydrogens (tertiary/aromatic N) is 6. The van der Waals surface area contributed by atoms with Crippen molar-refractivity contribution in [1.29, 1.82) is 0 Å². The topological polar surface area (TPSA) is 98.7 Å². The predicted molar refractivity (Wildman–Crippen MR) is 88.6 cm³/mol. The Hall–Kier alpha value is -2.81. The molecule has 0 aliphatic carbocycles. The molecule has 1 saturated heterocycles. The summed E-state index contributed by atoms with van der Waals surface area (Å²) in [5, 5.41) is 23.6. The lowest BCUT2D eigenvalue weighted by molar-refractivity contribution is -0.384. The number of nitro groups is 1. The predicted octanol–water partition coefficient (Wildman–Crippen LogP) is 1.52. The minimum Gasteiger partial charge on any atom is -0.378 e. The van der Waals surface area contributed by atoms with Crippen LogP contribution in [0.1, 0.15) is 17.2 Å². The van der Waals surface area contributed by atoms with Gasteiger partial charge in [-0.25, -0.2) is 4.68 Å². The summed E-state index contributed by atoms with van der Waals surface area (Å²) >= 11 is 0. The molecule has 3 rings (SSSR count). The zero-order valence-corrected chi connectivity index (χ0v) is 13.5. The molecule has 0 N–H and O–H groups in total. The highest BCUT2D eigenvalue weighted by atomic mass is 16.6. The number of morpholine rings is 1. The molecule has 24 heavy (non-hydrogen) atoms. The van der Waals surface area contributed by atoms with E-state index in [0.29, 0.717) is 49.2 Å². The van der Waals surface area contributed by atoms with Crippen LogP contribution in [0.2, 0.25) is 0 Å². The Morgan fingerprint density at radius 3 is 2.54 bits per heavy atom. The number of ether oxygens (including phenoxy) is 1. The van der Waals surface area contributed by atoms with E-state index in [1.807, 2.05) is 11.0 Å². The van der Waals surface area contributed by atoms with Crippen molar-refractivity contribution in [3.63, 3.8) is 0 Å². The molecule has 1 aromatic carbocycles. The molecule has 0 unspecified atom stereocenters. The first-order valence-corrected chi connectivity index (χ1v) is 7.60. The van der Waals surface area contributed by atoms with E-state index in [1.165, 1.54) is 6.07 Å². The Balaban J connectivity index is 1.90. The average molecular weight is 330 g/mol. The first kappa shape index (κ1) is 16.1. The lowest BCUT2D eigenvalue weighted by atomic mass is 10.1. The molecule has 1 aliphatic heterocycles. The van der Waals surface area contributed by atoms with Crippen LogP contribution in [-0.4, -0.2) is 52.3 Å². The average Bonchev–Trinajstić information content (AvgIpc) is 2.92. The van der Waals surface area contributed by atoms with Crippen LogP contribution in [0.3, 0.4) is 0 Å². The molecule has 126 valence electrons. The SMILES string of the molecule is Cc1nnc(C)n1/N=C/c1ccc(N2CCOCC2)c([N+](=O)[O-])c1. The first-order valence-electron chi connectivity index (χ1n) is 7.60. The number of anilines is 1. The standard InChI is InChI=1S/C15H18N6O3/c1-11-17-18-12(2)20(11)16-10-13-3-4-14(15(9-13)21(22)23)19-5-7-24-8-6-19/h3-4,9-10H,5-8H2,1-2H3/b16-10+. The minimum atomic E-state index is -0.364. The van der Waals surface area contributed by atoms with Crippen LogP contribution in [0, 0.1) is 24.0 Å². The molecule has 1 aromatic heterocycles. The fourth-order valence-corrected chi connectivity index (χ4v) is 2.59. The molecule has 9 nitrogen and oxygen atoms in total. The Morgan fingerprint density at radius 2 is 1.92 bits per heavy atom.